The van der Waals surface area contributed by atoms with Gasteiger partial charge in [0.2, 0.25) is 0 Å². The van der Waals surface area contributed by atoms with Crippen LogP contribution in [0.25, 0.3) is 0 Å². The molecule has 0 spiro atoms. The number of ether oxygens (including phenoxy) is 2. The molecule has 4 heteroatoms. The van der Waals surface area contributed by atoms with Crippen molar-refractivity contribution >= 4 is 0 Å². The van der Waals surface area contributed by atoms with Gasteiger partial charge >= 0.3 is 0 Å². The number of hydrogen-bond donors (Lipinski definition) is 1. The first-order valence-electron chi connectivity index (χ1n) is 5.38. The van der Waals surface area contributed by atoms with Crippen LogP contribution in [0.4, 0.5) is 4.39 Å². The SMILES string of the molecule is COCCCCOc1ccc(CN)cc1F. The van der Waals surface area contributed by atoms with Crippen LogP contribution in [0.5, 0.6) is 5.75 Å². The molecule has 0 unspecified atom stereocenters. The van der Waals surface area contributed by atoms with E-state index in [2.05, 4.69) is 0 Å². The largest absolute Gasteiger partial charge is 0.491 e. The quantitative estimate of drug-likeness (QED) is 0.725. The molecule has 0 amide bonds. The van der Waals surface area contributed by atoms with Gasteiger partial charge in [-0.2, -0.15) is 0 Å². The van der Waals surface area contributed by atoms with Crippen LogP contribution in [-0.2, 0) is 11.3 Å². The molecule has 0 fully saturated rings. The second-order valence-electron chi connectivity index (χ2n) is 3.52. The molecule has 0 aliphatic rings. The second kappa shape index (κ2) is 7.19. The summed E-state index contributed by atoms with van der Waals surface area (Å²) in [5.41, 5.74) is 6.17. The van der Waals surface area contributed by atoms with Gasteiger partial charge in [0.1, 0.15) is 0 Å². The van der Waals surface area contributed by atoms with Crippen molar-refractivity contribution in [3.05, 3.63) is 29.6 Å². The number of rotatable bonds is 7. The van der Waals surface area contributed by atoms with Crippen LogP contribution in [0, 0.1) is 5.82 Å². The number of nitrogens with two attached hydrogens (primary N) is 1. The highest BCUT2D eigenvalue weighted by atomic mass is 19.1. The van der Waals surface area contributed by atoms with E-state index in [-0.39, 0.29) is 11.6 Å². The normalized spacial score (nSPS) is 10.4. The van der Waals surface area contributed by atoms with Crippen LogP contribution in [0.2, 0.25) is 0 Å². The highest BCUT2D eigenvalue weighted by Gasteiger charge is 2.03. The Labute approximate surface area is 95.4 Å². The Morgan fingerprint density at radius 2 is 2.00 bits per heavy atom. The van der Waals surface area contributed by atoms with E-state index in [1.807, 2.05) is 0 Å². The van der Waals surface area contributed by atoms with Gasteiger partial charge in [0.25, 0.3) is 0 Å². The lowest BCUT2D eigenvalue weighted by atomic mass is 10.2. The van der Waals surface area contributed by atoms with Crippen molar-refractivity contribution in [1.29, 1.82) is 0 Å². The molecule has 1 rings (SSSR count). The van der Waals surface area contributed by atoms with E-state index in [1.54, 1.807) is 19.2 Å². The average Bonchev–Trinajstić information content (AvgIpc) is 2.30. The minimum Gasteiger partial charge on any atom is -0.491 e. The minimum atomic E-state index is -0.352. The van der Waals surface area contributed by atoms with E-state index in [4.69, 9.17) is 15.2 Å². The van der Waals surface area contributed by atoms with Gasteiger partial charge in [0.15, 0.2) is 11.6 Å². The van der Waals surface area contributed by atoms with E-state index in [1.165, 1.54) is 6.07 Å². The van der Waals surface area contributed by atoms with E-state index >= 15 is 0 Å². The minimum absolute atomic E-state index is 0.287. The molecule has 0 saturated carbocycles. The molecule has 2 N–H and O–H groups in total. The van der Waals surface area contributed by atoms with Gasteiger partial charge < -0.3 is 15.2 Å². The van der Waals surface area contributed by atoms with Gasteiger partial charge in [-0.05, 0) is 30.5 Å². The third kappa shape index (κ3) is 4.16. The number of benzene rings is 1. The predicted molar refractivity (Wildman–Crippen MR) is 60.9 cm³/mol. The fourth-order valence-corrected chi connectivity index (χ4v) is 1.32. The Hall–Kier alpha value is -1.13. The lowest BCUT2D eigenvalue weighted by molar-refractivity contribution is 0.183. The van der Waals surface area contributed by atoms with Gasteiger partial charge in [-0.15, -0.1) is 0 Å². The van der Waals surface area contributed by atoms with Crippen LogP contribution in [-0.4, -0.2) is 20.3 Å². The van der Waals surface area contributed by atoms with Crippen molar-refractivity contribution in [2.45, 2.75) is 19.4 Å². The zero-order valence-electron chi connectivity index (χ0n) is 9.54. The van der Waals surface area contributed by atoms with Crippen molar-refractivity contribution in [1.82, 2.24) is 0 Å². The maximum absolute atomic E-state index is 13.4. The van der Waals surface area contributed by atoms with Crippen molar-refractivity contribution < 1.29 is 13.9 Å². The Kier molecular flexibility index (Phi) is 5.82. The fraction of sp³-hybridized carbons (Fsp3) is 0.500. The topological polar surface area (TPSA) is 44.5 Å². The number of hydrogen-bond acceptors (Lipinski definition) is 3. The van der Waals surface area contributed by atoms with Crippen molar-refractivity contribution in [2.24, 2.45) is 5.73 Å². The first kappa shape index (κ1) is 12.9. The maximum Gasteiger partial charge on any atom is 0.165 e. The maximum atomic E-state index is 13.4. The van der Waals surface area contributed by atoms with Crippen LogP contribution in [0.15, 0.2) is 18.2 Å². The lowest BCUT2D eigenvalue weighted by Crippen LogP contribution is -2.02. The first-order valence-corrected chi connectivity index (χ1v) is 5.38. The zero-order chi connectivity index (χ0) is 11.8. The molecule has 0 aliphatic heterocycles. The van der Waals surface area contributed by atoms with Crippen LogP contribution >= 0.6 is 0 Å². The Morgan fingerprint density at radius 3 is 2.62 bits per heavy atom. The number of methoxy groups -OCH3 is 1. The molecule has 0 aliphatic carbocycles. The van der Waals surface area contributed by atoms with Gasteiger partial charge in [0.05, 0.1) is 6.61 Å². The molecule has 0 atom stereocenters. The molecule has 1 aromatic rings. The zero-order valence-corrected chi connectivity index (χ0v) is 9.54. The molecule has 3 nitrogen and oxygen atoms in total. The Bertz CT molecular complexity index is 318. The third-order valence-electron chi connectivity index (χ3n) is 2.23. The molecule has 0 heterocycles. The van der Waals surface area contributed by atoms with Gasteiger partial charge in [-0.25, -0.2) is 4.39 Å². The lowest BCUT2D eigenvalue weighted by Gasteiger charge is -2.07. The molecule has 90 valence electrons. The van der Waals surface area contributed by atoms with Gasteiger partial charge in [-0.3, -0.25) is 0 Å². The summed E-state index contributed by atoms with van der Waals surface area (Å²) < 4.78 is 23.6. The van der Waals surface area contributed by atoms with Crippen molar-refractivity contribution in [2.75, 3.05) is 20.3 Å². The Balaban J connectivity index is 2.36. The molecule has 0 saturated heterocycles. The predicted octanol–water partition coefficient (Wildman–Crippen LogP) is 2.09. The summed E-state index contributed by atoms with van der Waals surface area (Å²) in [6, 6.07) is 4.80. The molecular formula is C12H18FNO2. The van der Waals surface area contributed by atoms with E-state index in [0.717, 1.165) is 18.4 Å². The fourth-order valence-electron chi connectivity index (χ4n) is 1.32. The van der Waals surface area contributed by atoms with E-state index < -0.39 is 0 Å². The highest BCUT2D eigenvalue weighted by Crippen LogP contribution is 2.18. The van der Waals surface area contributed by atoms with Crippen molar-refractivity contribution in [3.63, 3.8) is 0 Å². The van der Waals surface area contributed by atoms with Crippen molar-refractivity contribution in [3.8, 4) is 5.75 Å². The van der Waals surface area contributed by atoms with Crippen LogP contribution < -0.4 is 10.5 Å². The standard InChI is InChI=1S/C12H18FNO2/c1-15-6-2-3-7-16-12-5-4-10(9-14)8-11(12)13/h4-5,8H,2-3,6-7,9,14H2,1H3. The molecule has 1 aromatic carbocycles. The molecule has 0 bridgehead atoms. The average molecular weight is 227 g/mol. The molecule has 0 aromatic heterocycles. The van der Waals surface area contributed by atoms with Crippen LogP contribution in [0.3, 0.4) is 0 Å². The monoisotopic (exact) mass is 227 g/mol. The highest BCUT2D eigenvalue weighted by molar-refractivity contribution is 5.29. The van der Waals surface area contributed by atoms with Gasteiger partial charge in [-0.1, -0.05) is 6.07 Å². The number of halogens is 1. The molecule has 0 radical (unpaired) electrons. The van der Waals surface area contributed by atoms with E-state index in [9.17, 15) is 4.39 Å². The summed E-state index contributed by atoms with van der Waals surface area (Å²) in [6.45, 7) is 1.55. The smallest absolute Gasteiger partial charge is 0.165 e. The van der Waals surface area contributed by atoms with Gasteiger partial charge in [0, 0.05) is 20.3 Å². The summed E-state index contributed by atoms with van der Waals surface area (Å²) in [4.78, 5) is 0. The summed E-state index contributed by atoms with van der Waals surface area (Å²) in [5, 5.41) is 0. The first-order chi connectivity index (χ1) is 7.77. The Morgan fingerprint density at radius 1 is 1.25 bits per heavy atom. The molecular weight excluding hydrogens is 209 g/mol. The van der Waals surface area contributed by atoms with Crippen LogP contribution in [0.1, 0.15) is 18.4 Å². The summed E-state index contributed by atoms with van der Waals surface area (Å²) in [6.07, 6.45) is 1.77. The summed E-state index contributed by atoms with van der Waals surface area (Å²) in [7, 11) is 1.66. The number of unbranched alkanes of at least 4 members (excludes halogenated alkanes) is 1. The van der Waals surface area contributed by atoms with E-state index in [0.29, 0.717) is 19.8 Å². The summed E-state index contributed by atoms with van der Waals surface area (Å²) in [5.74, 6) is -0.0655. The third-order valence-corrected chi connectivity index (χ3v) is 2.23. The molecule has 16 heavy (non-hydrogen) atoms. The summed E-state index contributed by atoms with van der Waals surface area (Å²) >= 11 is 0. The second-order valence-corrected chi connectivity index (χ2v) is 3.52.